The average molecular weight is 162 g/mol. The molecule has 0 aromatic heterocycles. The van der Waals surface area contributed by atoms with Gasteiger partial charge in [0.15, 0.2) is 0 Å². The molecule has 0 aromatic rings. The maximum absolute atomic E-state index is 5.22. The van der Waals surface area contributed by atoms with Gasteiger partial charge in [0.25, 0.3) is 0 Å². The molecule has 1 radical (unpaired) electrons. The Balaban J connectivity index is 2.99. The molecule has 0 atom stereocenters. The summed E-state index contributed by atoms with van der Waals surface area (Å²) >= 11 is -0.903. The average Bonchev–Trinajstić information content (AvgIpc) is 1.72. The summed E-state index contributed by atoms with van der Waals surface area (Å²) in [5.41, 5.74) is 0. The van der Waals surface area contributed by atoms with Crippen molar-refractivity contribution in [3.8, 4) is 0 Å². The summed E-state index contributed by atoms with van der Waals surface area (Å²) < 4.78 is 5.22. The van der Waals surface area contributed by atoms with E-state index in [4.69, 9.17) is 3.76 Å². The quantitative estimate of drug-likeness (QED) is 0.573. The Hall–Kier alpha value is 0.503. The van der Waals surface area contributed by atoms with Crippen molar-refractivity contribution >= 4 is 14.7 Å². The fourth-order valence-corrected chi connectivity index (χ4v) is 2.80. The van der Waals surface area contributed by atoms with Crippen molar-refractivity contribution in [1.82, 2.24) is 0 Å². The second-order valence-corrected chi connectivity index (χ2v) is 7.53. The Morgan fingerprint density at radius 3 is 1.71 bits per heavy atom. The Bertz CT molecular complexity index is 29.6. The van der Waals surface area contributed by atoms with E-state index in [0.29, 0.717) is 0 Å². The van der Waals surface area contributed by atoms with E-state index < -0.39 is 14.7 Å². The van der Waals surface area contributed by atoms with Gasteiger partial charge in [-0.05, 0) is 0 Å². The zero-order chi connectivity index (χ0) is 5.70. The SMILES string of the molecule is C[CH2][Ge]([CH2]C)[O]C. The van der Waals surface area contributed by atoms with Crippen LogP contribution in [-0.4, -0.2) is 21.8 Å². The Labute approximate surface area is 50.5 Å². The van der Waals surface area contributed by atoms with Crippen LogP contribution >= 0.6 is 0 Å². The predicted molar refractivity (Wildman–Crippen MR) is 33.7 cm³/mol. The van der Waals surface area contributed by atoms with Crippen LogP contribution in [0.15, 0.2) is 0 Å². The van der Waals surface area contributed by atoms with Gasteiger partial charge >= 0.3 is 49.9 Å². The first-order chi connectivity index (χ1) is 3.35. The fourth-order valence-electron chi connectivity index (χ4n) is 0.539. The van der Waals surface area contributed by atoms with Gasteiger partial charge in [-0.1, -0.05) is 0 Å². The van der Waals surface area contributed by atoms with Crippen molar-refractivity contribution < 1.29 is 3.76 Å². The molecule has 0 rings (SSSR count). The van der Waals surface area contributed by atoms with Gasteiger partial charge in [0.05, 0.1) is 0 Å². The van der Waals surface area contributed by atoms with Crippen LogP contribution in [0.4, 0.5) is 0 Å². The van der Waals surface area contributed by atoms with Crippen LogP contribution in [0.3, 0.4) is 0 Å². The molecule has 0 saturated heterocycles. The molecule has 0 aliphatic carbocycles. The molecule has 2 heteroatoms. The topological polar surface area (TPSA) is 9.23 Å². The van der Waals surface area contributed by atoms with E-state index in [-0.39, 0.29) is 0 Å². The number of hydrogen-bond donors (Lipinski definition) is 0. The second-order valence-electron chi connectivity index (χ2n) is 1.45. The van der Waals surface area contributed by atoms with Gasteiger partial charge < -0.3 is 0 Å². The normalized spacial score (nSPS) is 10.3. The van der Waals surface area contributed by atoms with Crippen LogP contribution in [0.2, 0.25) is 10.5 Å². The molecule has 43 valence electrons. The molecule has 0 heterocycles. The van der Waals surface area contributed by atoms with Gasteiger partial charge in [-0.2, -0.15) is 0 Å². The first-order valence-electron chi connectivity index (χ1n) is 2.73. The molecule has 0 N–H and O–H groups in total. The first kappa shape index (κ1) is 7.50. The Morgan fingerprint density at radius 1 is 1.29 bits per heavy atom. The van der Waals surface area contributed by atoms with Gasteiger partial charge in [0.2, 0.25) is 0 Å². The van der Waals surface area contributed by atoms with Crippen LogP contribution in [0.5, 0.6) is 0 Å². The summed E-state index contributed by atoms with van der Waals surface area (Å²) in [6, 6.07) is 0. The van der Waals surface area contributed by atoms with Gasteiger partial charge in [-0.25, -0.2) is 0 Å². The summed E-state index contributed by atoms with van der Waals surface area (Å²) in [7, 11) is 1.84. The predicted octanol–water partition coefficient (Wildman–Crippen LogP) is 1.66. The summed E-state index contributed by atoms with van der Waals surface area (Å²) in [4.78, 5) is 0. The minimum atomic E-state index is -0.903. The zero-order valence-corrected chi connectivity index (χ0v) is 7.42. The molecule has 0 aliphatic rings. The monoisotopic (exact) mass is 163 g/mol. The van der Waals surface area contributed by atoms with Crippen molar-refractivity contribution in [2.75, 3.05) is 7.11 Å². The summed E-state index contributed by atoms with van der Waals surface area (Å²) in [5.74, 6) is 0. The molecule has 0 aliphatic heterocycles. The molecule has 0 fully saturated rings. The molecule has 0 unspecified atom stereocenters. The molecule has 0 amide bonds. The number of rotatable bonds is 3. The zero-order valence-electron chi connectivity index (χ0n) is 5.32. The Morgan fingerprint density at radius 2 is 1.71 bits per heavy atom. The first-order valence-corrected chi connectivity index (χ1v) is 6.56. The molecular weight excluding hydrogens is 149 g/mol. The van der Waals surface area contributed by atoms with Crippen LogP contribution in [0.25, 0.3) is 0 Å². The van der Waals surface area contributed by atoms with E-state index in [1.54, 1.807) is 0 Å². The summed E-state index contributed by atoms with van der Waals surface area (Å²) in [6.07, 6.45) is 0. The van der Waals surface area contributed by atoms with Gasteiger partial charge in [0.1, 0.15) is 0 Å². The molecule has 0 bridgehead atoms. The third-order valence-corrected chi connectivity index (χ3v) is 5.60. The number of hydrogen-bond acceptors (Lipinski definition) is 1. The molecule has 7 heavy (non-hydrogen) atoms. The van der Waals surface area contributed by atoms with E-state index in [1.807, 2.05) is 7.11 Å². The van der Waals surface area contributed by atoms with Crippen molar-refractivity contribution in [3.63, 3.8) is 0 Å². The van der Waals surface area contributed by atoms with Crippen LogP contribution in [0.1, 0.15) is 13.8 Å². The Kier molecular flexibility index (Phi) is 4.99. The third-order valence-electron chi connectivity index (χ3n) is 1.08. The van der Waals surface area contributed by atoms with Crippen LogP contribution < -0.4 is 0 Å². The summed E-state index contributed by atoms with van der Waals surface area (Å²) in [6.45, 7) is 4.42. The minimum absolute atomic E-state index is 0.903. The maximum atomic E-state index is 5.22. The van der Waals surface area contributed by atoms with Crippen LogP contribution in [0, 0.1) is 0 Å². The van der Waals surface area contributed by atoms with Gasteiger partial charge in [0, 0.05) is 0 Å². The summed E-state index contributed by atoms with van der Waals surface area (Å²) in [5, 5.41) is 2.60. The van der Waals surface area contributed by atoms with E-state index >= 15 is 0 Å². The van der Waals surface area contributed by atoms with E-state index in [2.05, 4.69) is 13.8 Å². The van der Waals surface area contributed by atoms with Gasteiger partial charge in [-0.3, -0.25) is 0 Å². The van der Waals surface area contributed by atoms with E-state index in [1.165, 1.54) is 10.5 Å². The van der Waals surface area contributed by atoms with E-state index in [0.717, 1.165) is 0 Å². The third kappa shape index (κ3) is 3.12. The van der Waals surface area contributed by atoms with Crippen molar-refractivity contribution in [1.29, 1.82) is 0 Å². The van der Waals surface area contributed by atoms with E-state index in [9.17, 15) is 0 Å². The standard InChI is InChI=1S/C5H13GeO/c1-4-6(5-2)7-3/h4-5H2,1-3H3. The second kappa shape index (κ2) is 4.66. The fraction of sp³-hybridized carbons (Fsp3) is 1.00. The molecule has 0 spiro atoms. The van der Waals surface area contributed by atoms with Gasteiger partial charge in [-0.15, -0.1) is 0 Å². The molecule has 1 nitrogen and oxygen atoms in total. The van der Waals surface area contributed by atoms with Crippen molar-refractivity contribution in [2.45, 2.75) is 24.4 Å². The molecule has 0 saturated carbocycles. The van der Waals surface area contributed by atoms with Crippen LogP contribution in [-0.2, 0) is 3.76 Å². The molecule has 0 aromatic carbocycles. The molecular formula is C5H13GeO. The van der Waals surface area contributed by atoms with Crippen molar-refractivity contribution in [3.05, 3.63) is 0 Å². The van der Waals surface area contributed by atoms with Crippen molar-refractivity contribution in [2.24, 2.45) is 0 Å².